The summed E-state index contributed by atoms with van der Waals surface area (Å²) in [7, 11) is 0. The second-order valence-corrected chi connectivity index (χ2v) is 5.90. The first-order valence-corrected chi connectivity index (χ1v) is 7.88. The number of hydrazine groups is 1. The first-order chi connectivity index (χ1) is 12.6. The molecule has 0 radical (unpaired) electrons. The van der Waals surface area contributed by atoms with Crippen LogP contribution in [0, 0.1) is 0 Å². The number of aromatic nitrogens is 2. The zero-order valence-electron chi connectivity index (χ0n) is 13.6. The molecule has 4 aromatic rings. The number of primary amides is 1. The molecule has 0 unspecified atom stereocenters. The number of hydrogen-bond donors (Lipinski definition) is 3. The van der Waals surface area contributed by atoms with Gasteiger partial charge in [0.25, 0.3) is 5.91 Å². The van der Waals surface area contributed by atoms with Gasteiger partial charge in [-0.05, 0) is 23.8 Å². The molecule has 5 N–H and O–H groups in total. The second kappa shape index (κ2) is 5.98. The van der Waals surface area contributed by atoms with Crippen molar-refractivity contribution in [2.24, 2.45) is 11.6 Å². The van der Waals surface area contributed by atoms with Crippen LogP contribution < -0.4 is 16.6 Å². The van der Waals surface area contributed by atoms with Crippen LogP contribution in [0.5, 0.6) is 0 Å². The molecule has 4 rings (SSSR count). The molecule has 0 saturated carbocycles. The normalized spacial score (nSPS) is 11.0. The van der Waals surface area contributed by atoms with Crippen molar-refractivity contribution in [3.8, 4) is 11.1 Å². The summed E-state index contributed by atoms with van der Waals surface area (Å²) >= 11 is 0. The number of nitrogens with two attached hydrogens (primary N) is 2. The third-order valence-electron chi connectivity index (χ3n) is 4.32. The highest BCUT2D eigenvalue weighted by molar-refractivity contribution is 6.12. The minimum absolute atomic E-state index is 0.163. The molecule has 0 aliphatic rings. The molecule has 0 spiro atoms. The van der Waals surface area contributed by atoms with Crippen LogP contribution in [-0.4, -0.2) is 22.3 Å². The van der Waals surface area contributed by atoms with E-state index in [2.05, 4.69) is 9.97 Å². The third-order valence-corrected chi connectivity index (χ3v) is 4.32. The van der Waals surface area contributed by atoms with E-state index in [1.165, 1.54) is 0 Å². The van der Waals surface area contributed by atoms with E-state index in [0.717, 1.165) is 27.0 Å². The molecule has 2 heterocycles. The lowest BCUT2D eigenvalue weighted by molar-refractivity contribution is -0.107. The Morgan fingerprint density at radius 3 is 2.69 bits per heavy atom. The van der Waals surface area contributed by atoms with Gasteiger partial charge in [-0.25, -0.2) is 10.9 Å². The first-order valence-electron chi connectivity index (χ1n) is 7.88. The fraction of sp³-hybridized carbons (Fsp3) is 0. The Kier molecular flexibility index (Phi) is 3.63. The molecule has 7 nitrogen and oxygen atoms in total. The molecule has 2 aromatic carbocycles. The minimum atomic E-state index is -0.663. The van der Waals surface area contributed by atoms with Crippen molar-refractivity contribution >= 4 is 39.9 Å². The summed E-state index contributed by atoms with van der Waals surface area (Å²) in [5.74, 6) is 5.12. The third kappa shape index (κ3) is 2.47. The lowest BCUT2D eigenvalue weighted by atomic mass is 10.0. The summed E-state index contributed by atoms with van der Waals surface area (Å²) in [5.41, 5.74) is 9.05. The molecule has 0 atom stereocenters. The van der Waals surface area contributed by atoms with Gasteiger partial charge in [0, 0.05) is 28.0 Å². The largest absolute Gasteiger partial charge is 0.365 e. The number of nitrogens with zero attached hydrogens (tertiary/aromatic N) is 2. The van der Waals surface area contributed by atoms with Crippen LogP contribution in [0.3, 0.4) is 0 Å². The molecular weight excluding hydrogens is 330 g/mol. The van der Waals surface area contributed by atoms with Gasteiger partial charge in [-0.3, -0.25) is 14.6 Å². The summed E-state index contributed by atoms with van der Waals surface area (Å²) in [6.07, 6.45) is 2.20. The van der Waals surface area contributed by atoms with E-state index >= 15 is 0 Å². The topological polar surface area (TPSA) is 118 Å². The van der Waals surface area contributed by atoms with Crippen LogP contribution in [0.2, 0.25) is 0 Å². The number of benzene rings is 2. The number of pyridine rings is 1. The molecule has 2 amide bonds. The maximum Gasteiger partial charge on any atom is 0.253 e. The van der Waals surface area contributed by atoms with Gasteiger partial charge < -0.3 is 10.7 Å². The van der Waals surface area contributed by atoms with Crippen molar-refractivity contribution in [3.63, 3.8) is 0 Å². The average Bonchev–Trinajstić information content (AvgIpc) is 3.05. The summed E-state index contributed by atoms with van der Waals surface area (Å²) in [5, 5.41) is 2.43. The molecule has 0 bridgehead atoms. The van der Waals surface area contributed by atoms with Crippen molar-refractivity contribution in [1.29, 1.82) is 0 Å². The standard InChI is InChI=1S/C19H15N5O2/c20-18(26)17-14-6-5-11(8-16(14)23-19(17)24(21)10-25)13-7-12-3-1-2-4-15(12)22-9-13/h1-10,23H,21H2,(H2,20,26). The number of anilines is 1. The molecule has 7 heteroatoms. The fourth-order valence-corrected chi connectivity index (χ4v) is 3.09. The van der Waals surface area contributed by atoms with Gasteiger partial charge in [-0.2, -0.15) is 0 Å². The Hall–Kier alpha value is -3.71. The van der Waals surface area contributed by atoms with Crippen molar-refractivity contribution in [1.82, 2.24) is 9.97 Å². The van der Waals surface area contributed by atoms with Crippen LogP contribution in [-0.2, 0) is 4.79 Å². The zero-order valence-corrected chi connectivity index (χ0v) is 13.6. The van der Waals surface area contributed by atoms with Crippen molar-refractivity contribution in [2.75, 3.05) is 5.01 Å². The van der Waals surface area contributed by atoms with E-state index in [9.17, 15) is 9.59 Å². The monoisotopic (exact) mass is 345 g/mol. The number of H-pyrrole nitrogens is 1. The second-order valence-electron chi connectivity index (χ2n) is 5.90. The molecule has 2 aromatic heterocycles. The van der Waals surface area contributed by atoms with Crippen LogP contribution in [0.15, 0.2) is 54.7 Å². The number of para-hydroxylation sites is 1. The molecule has 0 aliphatic heterocycles. The first kappa shape index (κ1) is 15.8. The van der Waals surface area contributed by atoms with Crippen LogP contribution in [0.1, 0.15) is 10.4 Å². The highest BCUT2D eigenvalue weighted by atomic mass is 16.1. The maximum atomic E-state index is 11.8. The number of hydrogen-bond acceptors (Lipinski definition) is 4. The Morgan fingerprint density at radius 2 is 1.92 bits per heavy atom. The molecule has 0 aliphatic carbocycles. The number of fused-ring (bicyclic) bond motifs is 2. The average molecular weight is 345 g/mol. The molecule has 0 fully saturated rings. The predicted octanol–water partition coefficient (Wildman–Crippen LogP) is 2.32. The Balaban J connectivity index is 1.89. The Labute approximate surface area is 148 Å². The summed E-state index contributed by atoms with van der Waals surface area (Å²) in [6.45, 7) is 0. The number of amides is 2. The van der Waals surface area contributed by atoms with Crippen LogP contribution in [0.25, 0.3) is 32.9 Å². The zero-order chi connectivity index (χ0) is 18.3. The van der Waals surface area contributed by atoms with E-state index in [4.69, 9.17) is 11.6 Å². The van der Waals surface area contributed by atoms with Gasteiger partial charge in [0.2, 0.25) is 6.41 Å². The molecule has 26 heavy (non-hydrogen) atoms. The van der Waals surface area contributed by atoms with Crippen LogP contribution >= 0.6 is 0 Å². The van der Waals surface area contributed by atoms with Crippen molar-refractivity contribution in [3.05, 3.63) is 60.3 Å². The van der Waals surface area contributed by atoms with Gasteiger partial charge in [0.15, 0.2) is 0 Å². The van der Waals surface area contributed by atoms with Crippen molar-refractivity contribution in [2.45, 2.75) is 0 Å². The smallest absolute Gasteiger partial charge is 0.253 e. The Morgan fingerprint density at radius 1 is 1.12 bits per heavy atom. The fourth-order valence-electron chi connectivity index (χ4n) is 3.09. The number of carbonyl (C=O) groups is 2. The molecule has 128 valence electrons. The molecular formula is C19H15N5O2. The summed E-state index contributed by atoms with van der Waals surface area (Å²) < 4.78 is 0. The highest BCUT2D eigenvalue weighted by Gasteiger charge is 2.19. The quantitative estimate of drug-likeness (QED) is 0.228. The van der Waals surface area contributed by atoms with E-state index in [1.807, 2.05) is 42.5 Å². The van der Waals surface area contributed by atoms with E-state index in [-0.39, 0.29) is 11.4 Å². The lowest BCUT2D eigenvalue weighted by Gasteiger charge is -2.08. The van der Waals surface area contributed by atoms with E-state index in [0.29, 0.717) is 17.3 Å². The number of carbonyl (C=O) groups excluding carboxylic acids is 2. The minimum Gasteiger partial charge on any atom is -0.365 e. The summed E-state index contributed by atoms with van der Waals surface area (Å²) in [4.78, 5) is 30.3. The number of rotatable bonds is 4. The maximum absolute atomic E-state index is 11.8. The van der Waals surface area contributed by atoms with Gasteiger partial charge in [0.05, 0.1) is 11.1 Å². The van der Waals surface area contributed by atoms with Crippen molar-refractivity contribution < 1.29 is 9.59 Å². The highest BCUT2D eigenvalue weighted by Crippen LogP contribution is 2.31. The van der Waals surface area contributed by atoms with Crippen LogP contribution in [0.4, 0.5) is 5.82 Å². The van der Waals surface area contributed by atoms with Gasteiger partial charge >= 0.3 is 0 Å². The molecule has 0 saturated heterocycles. The lowest BCUT2D eigenvalue weighted by Crippen LogP contribution is -2.31. The Bertz CT molecular complexity index is 1170. The number of nitrogens with one attached hydrogen (secondary N) is 1. The summed E-state index contributed by atoms with van der Waals surface area (Å²) in [6, 6.07) is 15.4. The van der Waals surface area contributed by atoms with E-state index < -0.39 is 5.91 Å². The van der Waals surface area contributed by atoms with E-state index in [1.54, 1.807) is 12.3 Å². The predicted molar refractivity (Wildman–Crippen MR) is 100 cm³/mol. The van der Waals surface area contributed by atoms with Gasteiger partial charge in [0.1, 0.15) is 5.82 Å². The van der Waals surface area contributed by atoms with Gasteiger partial charge in [-0.15, -0.1) is 0 Å². The number of aromatic amines is 1. The SMILES string of the molecule is NC(=O)c1c(N(N)C=O)[nH]c2cc(-c3cnc4ccccc4c3)ccc12. The van der Waals surface area contributed by atoms with Gasteiger partial charge in [-0.1, -0.05) is 30.3 Å².